The number of rotatable bonds is 3. The first kappa shape index (κ1) is 10.3. The van der Waals surface area contributed by atoms with Crippen LogP contribution in [0.2, 0.25) is 0 Å². The lowest BCUT2D eigenvalue weighted by Crippen LogP contribution is -2.16. The maximum absolute atomic E-state index is 11.5. The van der Waals surface area contributed by atoms with Crippen molar-refractivity contribution >= 4 is 22.8 Å². The first-order valence-corrected chi connectivity index (χ1v) is 4.69. The monoisotopic (exact) mass is 222 g/mol. The summed E-state index contributed by atoms with van der Waals surface area (Å²) in [4.78, 5) is 21.9. The second-order valence-corrected chi connectivity index (χ2v) is 3.36. The van der Waals surface area contributed by atoms with Gasteiger partial charge in [0.1, 0.15) is 5.52 Å². The number of nitrogen functional groups attached to an aromatic ring is 1. The van der Waals surface area contributed by atoms with E-state index in [1.165, 1.54) is 4.57 Å². The largest absolute Gasteiger partial charge is 0.481 e. The van der Waals surface area contributed by atoms with Gasteiger partial charge < -0.3 is 15.3 Å². The molecule has 0 spiro atoms. The third-order valence-electron chi connectivity index (χ3n) is 2.27. The van der Waals surface area contributed by atoms with E-state index in [0.717, 1.165) is 0 Å². The van der Waals surface area contributed by atoms with Crippen LogP contribution in [-0.4, -0.2) is 15.6 Å². The fourth-order valence-corrected chi connectivity index (χ4v) is 1.56. The number of para-hydroxylation sites is 1. The Balaban J connectivity index is 2.55. The zero-order chi connectivity index (χ0) is 11.7. The molecule has 1 aromatic carbocycles. The van der Waals surface area contributed by atoms with E-state index in [-0.39, 0.29) is 13.0 Å². The molecule has 0 aliphatic carbocycles. The average molecular weight is 222 g/mol. The molecular formula is C10H10N2O4. The Bertz CT molecular complexity index is 596. The van der Waals surface area contributed by atoms with Crippen molar-refractivity contribution in [2.24, 2.45) is 0 Å². The van der Waals surface area contributed by atoms with Crippen molar-refractivity contribution in [3.8, 4) is 0 Å². The number of fused-ring (bicyclic) bond motifs is 1. The predicted molar refractivity (Wildman–Crippen MR) is 57.1 cm³/mol. The zero-order valence-electron chi connectivity index (χ0n) is 8.34. The summed E-state index contributed by atoms with van der Waals surface area (Å²) in [6.07, 6.45) is -0.150. The van der Waals surface area contributed by atoms with E-state index in [0.29, 0.717) is 16.8 Å². The quantitative estimate of drug-likeness (QED) is 0.743. The molecule has 0 aliphatic rings. The summed E-state index contributed by atoms with van der Waals surface area (Å²) in [5.41, 5.74) is 6.93. The summed E-state index contributed by atoms with van der Waals surface area (Å²) < 4.78 is 6.18. The molecule has 0 fully saturated rings. The van der Waals surface area contributed by atoms with Crippen molar-refractivity contribution in [2.45, 2.75) is 13.0 Å². The smallest absolute Gasteiger partial charge is 0.420 e. The van der Waals surface area contributed by atoms with Gasteiger partial charge in [-0.1, -0.05) is 6.07 Å². The van der Waals surface area contributed by atoms with Crippen LogP contribution in [0.5, 0.6) is 0 Å². The Morgan fingerprint density at radius 1 is 1.50 bits per heavy atom. The molecule has 84 valence electrons. The van der Waals surface area contributed by atoms with E-state index >= 15 is 0 Å². The van der Waals surface area contributed by atoms with Crippen molar-refractivity contribution in [3.63, 3.8) is 0 Å². The highest BCUT2D eigenvalue weighted by Crippen LogP contribution is 2.19. The Morgan fingerprint density at radius 2 is 2.25 bits per heavy atom. The number of oxazole rings is 1. The van der Waals surface area contributed by atoms with Crippen LogP contribution in [0.1, 0.15) is 6.42 Å². The number of aromatic nitrogens is 1. The van der Waals surface area contributed by atoms with Crippen molar-refractivity contribution in [1.82, 2.24) is 4.57 Å². The summed E-state index contributed by atoms with van der Waals surface area (Å²) in [6, 6.07) is 4.92. The number of anilines is 1. The van der Waals surface area contributed by atoms with E-state index in [2.05, 4.69) is 0 Å². The van der Waals surface area contributed by atoms with Gasteiger partial charge in [0.25, 0.3) is 0 Å². The molecule has 1 aromatic heterocycles. The maximum Gasteiger partial charge on any atom is 0.420 e. The molecule has 0 atom stereocenters. The lowest BCUT2D eigenvalue weighted by atomic mass is 10.3. The summed E-state index contributed by atoms with van der Waals surface area (Å²) in [6.45, 7) is 0.0510. The minimum atomic E-state index is -0.976. The number of carboxylic acids is 1. The van der Waals surface area contributed by atoms with Gasteiger partial charge in [-0.05, 0) is 12.1 Å². The molecule has 0 saturated carbocycles. The Kier molecular flexibility index (Phi) is 2.40. The first-order valence-electron chi connectivity index (χ1n) is 4.69. The van der Waals surface area contributed by atoms with Gasteiger partial charge in [-0.25, -0.2) is 4.79 Å². The van der Waals surface area contributed by atoms with Crippen LogP contribution in [0.15, 0.2) is 27.4 Å². The second kappa shape index (κ2) is 3.73. The lowest BCUT2D eigenvalue weighted by Gasteiger charge is -2.01. The molecule has 0 aliphatic heterocycles. The average Bonchev–Trinajstić information content (AvgIpc) is 2.52. The number of aliphatic carboxylic acids is 1. The van der Waals surface area contributed by atoms with Crippen molar-refractivity contribution in [3.05, 3.63) is 28.7 Å². The van der Waals surface area contributed by atoms with Gasteiger partial charge in [0.05, 0.1) is 12.1 Å². The molecule has 6 nitrogen and oxygen atoms in total. The summed E-state index contributed by atoms with van der Waals surface area (Å²) in [5, 5.41) is 8.57. The number of nitrogens with two attached hydrogens (primary N) is 1. The van der Waals surface area contributed by atoms with E-state index in [4.69, 9.17) is 15.3 Å². The second-order valence-electron chi connectivity index (χ2n) is 3.36. The van der Waals surface area contributed by atoms with Gasteiger partial charge >= 0.3 is 11.7 Å². The molecule has 0 bridgehead atoms. The van der Waals surface area contributed by atoms with Gasteiger partial charge in [-0.3, -0.25) is 9.36 Å². The van der Waals surface area contributed by atoms with Crippen LogP contribution >= 0.6 is 0 Å². The first-order chi connectivity index (χ1) is 7.59. The molecule has 2 rings (SSSR count). The Labute approximate surface area is 89.9 Å². The van der Waals surface area contributed by atoms with Crippen LogP contribution in [0, 0.1) is 0 Å². The van der Waals surface area contributed by atoms with Gasteiger partial charge in [0, 0.05) is 6.54 Å². The van der Waals surface area contributed by atoms with Crippen LogP contribution in [0.4, 0.5) is 5.69 Å². The maximum atomic E-state index is 11.5. The van der Waals surface area contributed by atoms with Gasteiger partial charge in [0.15, 0.2) is 5.58 Å². The van der Waals surface area contributed by atoms with Gasteiger partial charge in [-0.2, -0.15) is 0 Å². The van der Waals surface area contributed by atoms with Crippen LogP contribution in [0.25, 0.3) is 11.1 Å². The molecule has 1 heterocycles. The van der Waals surface area contributed by atoms with Crippen molar-refractivity contribution in [1.29, 1.82) is 0 Å². The zero-order valence-corrected chi connectivity index (χ0v) is 8.34. The molecule has 0 saturated heterocycles. The molecule has 0 radical (unpaired) electrons. The standard InChI is InChI=1S/C10H10N2O4/c11-6-2-1-3-7-9(6)12(10(15)16-7)5-4-8(13)14/h1-3H,4-5,11H2,(H,13,14). The highest BCUT2D eigenvalue weighted by Gasteiger charge is 2.12. The molecule has 6 heteroatoms. The fraction of sp³-hybridized carbons (Fsp3) is 0.200. The number of nitrogens with zero attached hydrogens (tertiary/aromatic N) is 1. The number of hydrogen-bond acceptors (Lipinski definition) is 4. The third kappa shape index (κ3) is 1.65. The molecule has 2 aromatic rings. The minimum absolute atomic E-state index is 0.0510. The van der Waals surface area contributed by atoms with Crippen molar-refractivity contribution in [2.75, 3.05) is 5.73 Å². The van der Waals surface area contributed by atoms with E-state index < -0.39 is 11.7 Å². The minimum Gasteiger partial charge on any atom is -0.481 e. The Morgan fingerprint density at radius 3 is 2.94 bits per heavy atom. The van der Waals surface area contributed by atoms with Gasteiger partial charge in [-0.15, -0.1) is 0 Å². The normalized spacial score (nSPS) is 10.8. The Hall–Kier alpha value is -2.24. The lowest BCUT2D eigenvalue weighted by molar-refractivity contribution is -0.137. The highest BCUT2D eigenvalue weighted by molar-refractivity contribution is 5.85. The number of benzene rings is 1. The SMILES string of the molecule is Nc1cccc2oc(=O)n(CCC(=O)O)c12. The van der Waals surface area contributed by atoms with E-state index in [1.807, 2.05) is 0 Å². The van der Waals surface area contributed by atoms with Gasteiger partial charge in [0.2, 0.25) is 0 Å². The summed E-state index contributed by atoms with van der Waals surface area (Å²) >= 11 is 0. The number of carbonyl (C=O) groups is 1. The number of aryl methyl sites for hydroxylation is 1. The van der Waals surface area contributed by atoms with Crippen molar-refractivity contribution < 1.29 is 14.3 Å². The summed E-state index contributed by atoms with van der Waals surface area (Å²) in [7, 11) is 0. The number of carboxylic acid groups (broad SMARTS) is 1. The molecule has 3 N–H and O–H groups in total. The van der Waals surface area contributed by atoms with Crippen LogP contribution in [-0.2, 0) is 11.3 Å². The van der Waals surface area contributed by atoms with Crippen LogP contribution < -0.4 is 11.5 Å². The summed E-state index contributed by atoms with van der Waals surface area (Å²) in [5.74, 6) is -1.56. The van der Waals surface area contributed by atoms with E-state index in [9.17, 15) is 9.59 Å². The fourth-order valence-electron chi connectivity index (χ4n) is 1.56. The topological polar surface area (TPSA) is 98.5 Å². The molecular weight excluding hydrogens is 212 g/mol. The highest BCUT2D eigenvalue weighted by atomic mass is 16.4. The van der Waals surface area contributed by atoms with Crippen LogP contribution in [0.3, 0.4) is 0 Å². The third-order valence-corrected chi connectivity index (χ3v) is 2.27. The van der Waals surface area contributed by atoms with E-state index in [1.54, 1.807) is 18.2 Å². The predicted octanol–water partition coefficient (Wildman–Crippen LogP) is 0.651. The number of hydrogen-bond donors (Lipinski definition) is 2. The molecule has 0 amide bonds. The molecule has 16 heavy (non-hydrogen) atoms. The molecule has 0 unspecified atom stereocenters.